The van der Waals surface area contributed by atoms with E-state index >= 15 is 4.79 Å². The highest BCUT2D eigenvalue weighted by molar-refractivity contribution is 6.58. The second kappa shape index (κ2) is 13.2. The molecule has 12 heteroatoms. The van der Waals surface area contributed by atoms with Crippen molar-refractivity contribution in [1.82, 2.24) is 0 Å². The molecule has 10 nitrogen and oxygen atoms in total. The zero-order valence-electron chi connectivity index (χ0n) is 27.8. The number of nitrogens with zero attached hydrogens (tertiary/aromatic N) is 2. The first-order valence-electron chi connectivity index (χ1n) is 17.2. The standard InChI is InChI=1S/C40H34BClN2O8/c42-26-9-5-11-28(21-26)44-37(47)33-22-32-30(16-17-31-34(32)38(48)43(36(31)46)27-10-4-8-25(20-27)41(50)51)35(23-12-14-29(15-13-23)52-19-18-45)40(33,39(44)49)24-6-2-1-3-7-24/h1-16,20-21,31-35,45,50-51H,17-19,22H2/t31-,32+,33-,34-,35-,40+/m0/s1. The second-order valence-corrected chi connectivity index (χ2v) is 14.2. The molecule has 0 spiro atoms. The monoisotopic (exact) mass is 716 g/mol. The van der Waals surface area contributed by atoms with E-state index in [1.807, 2.05) is 48.5 Å². The van der Waals surface area contributed by atoms with E-state index in [0.29, 0.717) is 22.0 Å². The number of allylic oxidation sites excluding steroid dienone is 2. The number of aliphatic hydroxyl groups excluding tert-OH is 1. The van der Waals surface area contributed by atoms with Crippen LogP contribution in [-0.2, 0) is 24.6 Å². The lowest BCUT2D eigenvalue weighted by Gasteiger charge is -2.50. The summed E-state index contributed by atoms with van der Waals surface area (Å²) in [5, 5.41) is 29.3. The number of rotatable bonds is 8. The predicted octanol–water partition coefficient (Wildman–Crippen LogP) is 3.76. The largest absolute Gasteiger partial charge is 0.491 e. The molecule has 0 bridgehead atoms. The SMILES string of the molecule is O=C1[C@H]2[C@H](CC=C3[C@H]2C[C@H]2C(=O)N(c4cccc(Cl)c4)C(=O)[C@@]2(c2ccccc2)[C@H]3c2ccc(OCCO)cc2)C(=O)N1c1cccc(B(O)O)c1. The number of hydrogen-bond donors (Lipinski definition) is 3. The van der Waals surface area contributed by atoms with E-state index in [0.717, 1.165) is 16.0 Å². The van der Waals surface area contributed by atoms with Crippen molar-refractivity contribution in [3.63, 3.8) is 0 Å². The van der Waals surface area contributed by atoms with Crippen molar-refractivity contribution in [1.29, 1.82) is 0 Å². The van der Waals surface area contributed by atoms with Gasteiger partial charge >= 0.3 is 7.12 Å². The summed E-state index contributed by atoms with van der Waals surface area (Å²) in [6, 6.07) is 29.2. The third-order valence-electron chi connectivity index (χ3n) is 11.2. The van der Waals surface area contributed by atoms with Crippen LogP contribution in [0.3, 0.4) is 0 Å². The lowest BCUT2D eigenvalue weighted by molar-refractivity contribution is -0.127. The van der Waals surface area contributed by atoms with Crippen molar-refractivity contribution < 1.29 is 39.1 Å². The molecule has 262 valence electrons. The molecule has 0 aromatic heterocycles. The number of benzene rings is 4. The van der Waals surface area contributed by atoms with Crippen LogP contribution in [0, 0.1) is 23.7 Å². The molecule has 2 saturated heterocycles. The summed E-state index contributed by atoms with van der Waals surface area (Å²) < 4.78 is 5.66. The zero-order chi connectivity index (χ0) is 36.3. The van der Waals surface area contributed by atoms with Crippen LogP contribution in [0.2, 0.25) is 5.02 Å². The molecular weight excluding hydrogens is 683 g/mol. The predicted molar refractivity (Wildman–Crippen MR) is 194 cm³/mol. The molecule has 6 atom stereocenters. The van der Waals surface area contributed by atoms with Crippen molar-refractivity contribution in [2.24, 2.45) is 23.7 Å². The molecule has 2 aliphatic heterocycles. The number of hydrogen-bond acceptors (Lipinski definition) is 8. The van der Waals surface area contributed by atoms with Gasteiger partial charge in [0, 0.05) is 10.9 Å². The van der Waals surface area contributed by atoms with E-state index in [1.165, 1.54) is 17.0 Å². The Balaban J connectivity index is 1.31. The number of imide groups is 2. The normalized spacial score (nSPS) is 26.5. The summed E-state index contributed by atoms with van der Waals surface area (Å²) in [5.74, 6) is -4.85. The smallest absolute Gasteiger partial charge is 0.488 e. The van der Waals surface area contributed by atoms with Crippen LogP contribution in [0.15, 0.2) is 115 Å². The molecule has 0 radical (unpaired) electrons. The van der Waals surface area contributed by atoms with Crippen LogP contribution >= 0.6 is 11.6 Å². The highest BCUT2D eigenvalue weighted by Gasteiger charge is 2.70. The molecule has 3 N–H and O–H groups in total. The number of anilines is 2. The molecule has 4 aromatic carbocycles. The van der Waals surface area contributed by atoms with Gasteiger partial charge in [-0.1, -0.05) is 83.9 Å². The average molecular weight is 717 g/mol. The van der Waals surface area contributed by atoms with Crippen LogP contribution in [-0.4, -0.2) is 59.1 Å². The summed E-state index contributed by atoms with van der Waals surface area (Å²) >= 11 is 6.39. The van der Waals surface area contributed by atoms with Crippen molar-refractivity contribution in [2.45, 2.75) is 24.2 Å². The van der Waals surface area contributed by atoms with Crippen LogP contribution < -0.4 is 20.0 Å². The van der Waals surface area contributed by atoms with Gasteiger partial charge in [0.15, 0.2) is 0 Å². The second-order valence-electron chi connectivity index (χ2n) is 13.7. The van der Waals surface area contributed by atoms with Gasteiger partial charge in [0.25, 0.3) is 0 Å². The quantitative estimate of drug-likeness (QED) is 0.142. The van der Waals surface area contributed by atoms with E-state index in [1.54, 1.807) is 48.5 Å². The van der Waals surface area contributed by atoms with E-state index < -0.39 is 65.8 Å². The molecule has 0 unspecified atom stereocenters. The van der Waals surface area contributed by atoms with E-state index in [-0.39, 0.29) is 37.2 Å². The minimum absolute atomic E-state index is 0.101. The molecule has 52 heavy (non-hydrogen) atoms. The summed E-state index contributed by atoms with van der Waals surface area (Å²) in [4.78, 5) is 61.1. The zero-order valence-corrected chi connectivity index (χ0v) is 28.6. The van der Waals surface area contributed by atoms with Crippen molar-refractivity contribution in [3.05, 3.63) is 131 Å². The fourth-order valence-corrected chi connectivity index (χ4v) is 9.30. The number of carbonyl (C=O) groups is 4. The molecular formula is C40H34BClN2O8. The fraction of sp³-hybridized carbons (Fsp3) is 0.250. The van der Waals surface area contributed by atoms with E-state index in [9.17, 15) is 29.5 Å². The Morgan fingerprint density at radius 3 is 2.19 bits per heavy atom. The van der Waals surface area contributed by atoms with Gasteiger partial charge in [-0.25, -0.2) is 4.90 Å². The van der Waals surface area contributed by atoms with Gasteiger partial charge in [-0.3, -0.25) is 24.1 Å². The highest BCUT2D eigenvalue weighted by Crippen LogP contribution is 2.64. The van der Waals surface area contributed by atoms with Crippen LogP contribution in [0.5, 0.6) is 5.75 Å². The maximum absolute atomic E-state index is 15.3. The fourth-order valence-electron chi connectivity index (χ4n) is 9.12. The number of halogens is 1. The van der Waals surface area contributed by atoms with Crippen molar-refractivity contribution >= 4 is 59.2 Å². The Bertz CT molecular complexity index is 2130. The minimum Gasteiger partial charge on any atom is -0.491 e. The Hall–Kier alpha value is -5.07. The van der Waals surface area contributed by atoms with E-state index in [4.69, 9.17) is 16.3 Å². The highest BCUT2D eigenvalue weighted by atomic mass is 35.5. The maximum atomic E-state index is 15.3. The molecule has 8 rings (SSSR count). The first kappa shape index (κ1) is 34.0. The molecule has 2 heterocycles. The van der Waals surface area contributed by atoms with Gasteiger partial charge in [-0.15, -0.1) is 0 Å². The Labute approximate surface area is 305 Å². The van der Waals surface area contributed by atoms with Gasteiger partial charge in [0.2, 0.25) is 23.6 Å². The van der Waals surface area contributed by atoms with Gasteiger partial charge in [0.1, 0.15) is 12.4 Å². The molecule has 4 aromatic rings. The molecule has 2 aliphatic carbocycles. The number of amides is 4. The Morgan fingerprint density at radius 2 is 1.50 bits per heavy atom. The number of aliphatic hydroxyl groups is 1. The van der Waals surface area contributed by atoms with Crippen molar-refractivity contribution in [2.75, 3.05) is 23.0 Å². The van der Waals surface area contributed by atoms with Gasteiger partial charge in [0.05, 0.1) is 41.2 Å². The molecule has 3 fully saturated rings. The molecule has 4 aliphatic rings. The summed E-state index contributed by atoms with van der Waals surface area (Å²) in [6.45, 7) is -0.0611. The van der Waals surface area contributed by atoms with Crippen molar-refractivity contribution in [3.8, 4) is 5.75 Å². The first-order valence-corrected chi connectivity index (χ1v) is 17.6. The molecule has 4 amide bonds. The third kappa shape index (κ3) is 5.14. The Kier molecular flexibility index (Phi) is 8.62. The minimum atomic E-state index is -1.79. The lowest BCUT2D eigenvalue weighted by Crippen LogP contribution is -2.53. The summed E-state index contributed by atoms with van der Waals surface area (Å²) in [5.41, 5.74) is 1.50. The van der Waals surface area contributed by atoms with Gasteiger partial charge in [-0.2, -0.15) is 0 Å². The van der Waals surface area contributed by atoms with Gasteiger partial charge in [-0.05, 0) is 77.8 Å². The maximum Gasteiger partial charge on any atom is 0.488 e. The number of fused-ring (bicyclic) bond motifs is 4. The van der Waals surface area contributed by atoms with Crippen LogP contribution in [0.1, 0.15) is 29.9 Å². The van der Waals surface area contributed by atoms with Crippen LogP contribution in [0.25, 0.3) is 0 Å². The number of carbonyl (C=O) groups excluding carboxylic acids is 4. The summed E-state index contributed by atoms with van der Waals surface area (Å²) in [6.07, 6.45) is 2.36. The van der Waals surface area contributed by atoms with Crippen LogP contribution in [0.4, 0.5) is 11.4 Å². The van der Waals surface area contributed by atoms with Gasteiger partial charge < -0.3 is 19.9 Å². The lowest BCUT2D eigenvalue weighted by atomic mass is 9.49. The number of ether oxygens (including phenoxy) is 1. The average Bonchev–Trinajstić information content (AvgIpc) is 3.55. The summed E-state index contributed by atoms with van der Waals surface area (Å²) in [7, 11) is -1.79. The topological polar surface area (TPSA) is 145 Å². The van der Waals surface area contributed by atoms with E-state index in [2.05, 4.69) is 0 Å². The first-order chi connectivity index (χ1) is 25.2. The molecule has 1 saturated carbocycles. The Morgan fingerprint density at radius 1 is 0.788 bits per heavy atom. The third-order valence-corrected chi connectivity index (χ3v) is 11.4.